The van der Waals surface area contributed by atoms with Crippen LogP contribution in [-0.2, 0) is 9.53 Å². The summed E-state index contributed by atoms with van der Waals surface area (Å²) >= 11 is 6.72. The van der Waals surface area contributed by atoms with Crippen LogP contribution in [0.15, 0.2) is 21.1 Å². The Labute approximate surface area is 123 Å². The molecule has 0 saturated carbocycles. The van der Waals surface area contributed by atoms with E-state index in [9.17, 15) is 4.79 Å². The van der Waals surface area contributed by atoms with E-state index in [0.717, 1.165) is 28.4 Å². The van der Waals surface area contributed by atoms with E-state index < -0.39 is 0 Å². The van der Waals surface area contributed by atoms with Crippen molar-refractivity contribution in [3.05, 3.63) is 21.1 Å². The summed E-state index contributed by atoms with van der Waals surface area (Å²) in [5, 5.41) is 2.82. The van der Waals surface area contributed by atoms with Crippen LogP contribution in [0.5, 0.6) is 0 Å². The summed E-state index contributed by atoms with van der Waals surface area (Å²) in [4.78, 5) is 11.9. The Kier molecular flexibility index (Phi) is 4.64. The number of nitrogen functional groups attached to an aromatic ring is 1. The number of carbonyl (C=O) groups excluding carboxylic acids is 1. The van der Waals surface area contributed by atoms with Crippen LogP contribution in [0.3, 0.4) is 0 Å². The number of hydrogen-bond donors (Lipinski definition) is 2. The molecule has 1 aromatic rings. The van der Waals surface area contributed by atoms with Gasteiger partial charge in [0.2, 0.25) is 5.91 Å². The van der Waals surface area contributed by atoms with Crippen LogP contribution in [0, 0.1) is 0 Å². The van der Waals surface area contributed by atoms with Crippen LogP contribution >= 0.6 is 31.9 Å². The van der Waals surface area contributed by atoms with E-state index in [1.807, 2.05) is 6.07 Å². The Morgan fingerprint density at radius 3 is 2.89 bits per heavy atom. The smallest absolute Gasteiger partial charge is 0.227 e. The number of halogens is 2. The van der Waals surface area contributed by atoms with E-state index in [1.54, 1.807) is 6.07 Å². The normalized spacial score (nSPS) is 18.9. The van der Waals surface area contributed by atoms with Crippen molar-refractivity contribution in [2.24, 2.45) is 0 Å². The number of carbonyl (C=O) groups is 1. The molecule has 1 heterocycles. The van der Waals surface area contributed by atoms with Crippen LogP contribution in [0.2, 0.25) is 0 Å². The van der Waals surface area contributed by atoms with Gasteiger partial charge in [0.05, 0.1) is 23.9 Å². The number of ether oxygens (including phenoxy) is 1. The van der Waals surface area contributed by atoms with Crippen molar-refractivity contribution in [2.75, 3.05) is 17.7 Å². The Bertz CT molecular complexity index is 436. The minimum atomic E-state index is -0.0726. The lowest BCUT2D eigenvalue weighted by molar-refractivity contribution is -0.118. The van der Waals surface area contributed by atoms with E-state index in [0.29, 0.717) is 17.8 Å². The van der Waals surface area contributed by atoms with Gasteiger partial charge < -0.3 is 15.8 Å². The van der Waals surface area contributed by atoms with Crippen molar-refractivity contribution in [3.63, 3.8) is 0 Å². The van der Waals surface area contributed by atoms with E-state index in [1.165, 1.54) is 0 Å². The summed E-state index contributed by atoms with van der Waals surface area (Å²) < 4.78 is 7.05. The van der Waals surface area contributed by atoms with Crippen molar-refractivity contribution < 1.29 is 9.53 Å². The summed E-state index contributed by atoms with van der Waals surface area (Å²) in [5.41, 5.74) is 7.01. The third kappa shape index (κ3) is 3.46. The Morgan fingerprint density at radius 2 is 2.28 bits per heavy atom. The Morgan fingerprint density at radius 1 is 1.50 bits per heavy atom. The first-order chi connectivity index (χ1) is 8.56. The fraction of sp³-hybridized carbons (Fsp3) is 0.417. The van der Waals surface area contributed by atoms with E-state index in [4.69, 9.17) is 10.5 Å². The summed E-state index contributed by atoms with van der Waals surface area (Å²) in [6, 6.07) is 3.60. The number of rotatable bonds is 3. The molecular formula is C12H14Br2N2O2. The largest absolute Gasteiger partial charge is 0.397 e. The molecule has 98 valence electrons. The van der Waals surface area contributed by atoms with Gasteiger partial charge >= 0.3 is 0 Å². The van der Waals surface area contributed by atoms with Gasteiger partial charge in [-0.3, -0.25) is 4.79 Å². The van der Waals surface area contributed by atoms with Gasteiger partial charge in [-0.1, -0.05) is 15.9 Å². The lowest BCUT2D eigenvalue weighted by Gasteiger charge is -2.13. The van der Waals surface area contributed by atoms with Gasteiger partial charge in [-0.2, -0.15) is 0 Å². The summed E-state index contributed by atoms with van der Waals surface area (Å²) in [6.45, 7) is 0.752. The fourth-order valence-electron chi connectivity index (χ4n) is 1.93. The van der Waals surface area contributed by atoms with Crippen molar-refractivity contribution in [3.8, 4) is 0 Å². The van der Waals surface area contributed by atoms with Gasteiger partial charge in [-0.05, 0) is 40.9 Å². The molecule has 4 nitrogen and oxygen atoms in total. The second-order valence-corrected chi connectivity index (χ2v) is 6.01. The van der Waals surface area contributed by atoms with Crippen LogP contribution in [-0.4, -0.2) is 18.6 Å². The lowest BCUT2D eigenvalue weighted by atomic mass is 10.1. The molecule has 1 saturated heterocycles. The average molecular weight is 378 g/mol. The summed E-state index contributed by atoms with van der Waals surface area (Å²) in [6.07, 6.45) is 2.40. The van der Waals surface area contributed by atoms with E-state index >= 15 is 0 Å². The predicted octanol–water partition coefficient (Wildman–Crippen LogP) is 3.30. The molecule has 0 radical (unpaired) electrons. The van der Waals surface area contributed by atoms with Crippen LogP contribution < -0.4 is 11.1 Å². The maximum atomic E-state index is 11.9. The van der Waals surface area contributed by atoms with Gasteiger partial charge in [0.15, 0.2) is 0 Å². The number of anilines is 2. The number of nitrogens with one attached hydrogen (secondary N) is 1. The highest BCUT2D eigenvalue weighted by Crippen LogP contribution is 2.32. The Hall–Kier alpha value is -0.590. The minimum absolute atomic E-state index is 0.0421. The molecule has 1 unspecified atom stereocenters. The molecule has 1 aliphatic heterocycles. The molecule has 1 atom stereocenters. The van der Waals surface area contributed by atoms with Crippen molar-refractivity contribution in [1.82, 2.24) is 0 Å². The van der Waals surface area contributed by atoms with Gasteiger partial charge in [0.25, 0.3) is 0 Å². The van der Waals surface area contributed by atoms with Gasteiger partial charge in [0, 0.05) is 15.6 Å². The quantitative estimate of drug-likeness (QED) is 0.794. The molecular weight excluding hydrogens is 364 g/mol. The minimum Gasteiger partial charge on any atom is -0.397 e. The standard InChI is InChI=1S/C12H14Br2N2O2/c13-7-4-9(14)12(10(15)5-7)16-11(17)6-8-2-1-3-18-8/h4-5,8H,1-3,6,15H2,(H,16,17). The summed E-state index contributed by atoms with van der Waals surface area (Å²) in [5.74, 6) is -0.0726. The van der Waals surface area contributed by atoms with Gasteiger partial charge in [-0.25, -0.2) is 0 Å². The highest BCUT2D eigenvalue weighted by molar-refractivity contribution is 9.11. The first-order valence-corrected chi connectivity index (χ1v) is 7.31. The maximum absolute atomic E-state index is 11.9. The van der Waals surface area contributed by atoms with Crippen LogP contribution in [0.25, 0.3) is 0 Å². The molecule has 0 bridgehead atoms. The van der Waals surface area contributed by atoms with E-state index in [2.05, 4.69) is 37.2 Å². The van der Waals surface area contributed by atoms with Crippen molar-refractivity contribution >= 4 is 49.1 Å². The first kappa shape index (κ1) is 13.8. The third-order valence-electron chi connectivity index (χ3n) is 2.79. The van der Waals surface area contributed by atoms with Gasteiger partial charge in [0.1, 0.15) is 0 Å². The van der Waals surface area contributed by atoms with Crippen LogP contribution in [0.1, 0.15) is 19.3 Å². The van der Waals surface area contributed by atoms with Crippen LogP contribution in [0.4, 0.5) is 11.4 Å². The zero-order valence-electron chi connectivity index (χ0n) is 9.71. The maximum Gasteiger partial charge on any atom is 0.227 e. The molecule has 0 aliphatic carbocycles. The monoisotopic (exact) mass is 376 g/mol. The van der Waals surface area contributed by atoms with Crippen molar-refractivity contribution in [1.29, 1.82) is 0 Å². The number of nitrogens with two attached hydrogens (primary N) is 1. The third-order valence-corrected chi connectivity index (χ3v) is 3.87. The fourth-order valence-corrected chi connectivity index (χ4v) is 3.29. The van der Waals surface area contributed by atoms with Gasteiger partial charge in [-0.15, -0.1) is 0 Å². The Balaban J connectivity index is 2.02. The summed E-state index contributed by atoms with van der Waals surface area (Å²) in [7, 11) is 0. The topological polar surface area (TPSA) is 64.3 Å². The number of benzene rings is 1. The number of amides is 1. The zero-order chi connectivity index (χ0) is 13.1. The van der Waals surface area contributed by atoms with E-state index in [-0.39, 0.29) is 12.0 Å². The lowest BCUT2D eigenvalue weighted by Crippen LogP contribution is -2.20. The molecule has 1 fully saturated rings. The number of hydrogen-bond acceptors (Lipinski definition) is 3. The molecule has 1 aromatic carbocycles. The zero-order valence-corrected chi connectivity index (χ0v) is 12.9. The second kappa shape index (κ2) is 6.04. The molecule has 6 heteroatoms. The molecule has 1 aliphatic rings. The molecule has 0 spiro atoms. The molecule has 1 amide bonds. The highest BCUT2D eigenvalue weighted by Gasteiger charge is 2.20. The average Bonchev–Trinajstić information content (AvgIpc) is 2.76. The molecule has 18 heavy (non-hydrogen) atoms. The molecule has 2 rings (SSSR count). The predicted molar refractivity (Wildman–Crippen MR) is 78.5 cm³/mol. The first-order valence-electron chi connectivity index (χ1n) is 5.72. The van der Waals surface area contributed by atoms with Crippen molar-refractivity contribution in [2.45, 2.75) is 25.4 Å². The molecule has 0 aromatic heterocycles. The highest BCUT2D eigenvalue weighted by atomic mass is 79.9. The second-order valence-electron chi connectivity index (χ2n) is 4.24. The SMILES string of the molecule is Nc1cc(Br)cc(Br)c1NC(=O)CC1CCCO1. The molecule has 3 N–H and O–H groups in total.